The first-order chi connectivity index (χ1) is 9.36. The van der Waals surface area contributed by atoms with Crippen LogP contribution in [0.4, 0.5) is 0 Å². The number of carbonyl (C=O) groups is 1. The molecular weight excluding hydrogens is 258 g/mol. The van der Waals surface area contributed by atoms with Crippen LogP contribution in [0.3, 0.4) is 0 Å². The number of carboxylic acid groups (broad SMARTS) is 1. The molecule has 114 valence electrons. The smallest absolute Gasteiger partial charge is 0.300 e. The maximum Gasteiger partial charge on any atom is 0.300 e. The van der Waals surface area contributed by atoms with Crippen LogP contribution in [0.2, 0.25) is 0 Å². The van der Waals surface area contributed by atoms with Crippen molar-refractivity contribution in [1.82, 2.24) is 5.32 Å². The standard InChI is InChI=1S/C13H21NO2.C2H4O2/c1-3-5-10(2)14-9-13(16)11-6-4-7-12(15)8-11;1-2(3)4/h4,6-8,10,13-16H,3,5,9H2,1-2H3;1H3,(H,3,4)/t10-,13+;/m1./s1. The topological polar surface area (TPSA) is 89.8 Å². The minimum Gasteiger partial charge on any atom is -0.508 e. The molecule has 0 aliphatic heterocycles. The predicted octanol–water partition coefficient (Wildman–Crippen LogP) is 2.29. The van der Waals surface area contributed by atoms with E-state index in [2.05, 4.69) is 19.2 Å². The molecule has 5 heteroatoms. The van der Waals surface area contributed by atoms with Crippen molar-refractivity contribution in [2.45, 2.75) is 45.8 Å². The van der Waals surface area contributed by atoms with Gasteiger partial charge in [-0.2, -0.15) is 0 Å². The lowest BCUT2D eigenvalue weighted by atomic mass is 10.1. The third kappa shape index (κ3) is 9.35. The first kappa shape index (κ1) is 18.4. The van der Waals surface area contributed by atoms with Gasteiger partial charge < -0.3 is 20.6 Å². The zero-order valence-corrected chi connectivity index (χ0v) is 12.3. The van der Waals surface area contributed by atoms with Gasteiger partial charge in [0.1, 0.15) is 5.75 Å². The Hall–Kier alpha value is -1.59. The van der Waals surface area contributed by atoms with E-state index in [0.717, 1.165) is 25.3 Å². The molecule has 0 aromatic heterocycles. The molecule has 0 heterocycles. The van der Waals surface area contributed by atoms with Crippen LogP contribution in [0.15, 0.2) is 24.3 Å². The number of aliphatic hydroxyl groups is 1. The van der Waals surface area contributed by atoms with E-state index in [1.54, 1.807) is 18.2 Å². The average molecular weight is 283 g/mol. The maximum atomic E-state index is 9.89. The van der Waals surface area contributed by atoms with Crippen molar-refractivity contribution in [2.75, 3.05) is 6.54 Å². The summed E-state index contributed by atoms with van der Waals surface area (Å²) < 4.78 is 0. The van der Waals surface area contributed by atoms with Crippen LogP contribution < -0.4 is 5.32 Å². The van der Waals surface area contributed by atoms with Crippen LogP contribution >= 0.6 is 0 Å². The summed E-state index contributed by atoms with van der Waals surface area (Å²) in [6.45, 7) is 5.85. The van der Waals surface area contributed by atoms with E-state index in [1.165, 1.54) is 0 Å². The fourth-order valence-corrected chi connectivity index (χ4v) is 1.70. The zero-order chi connectivity index (χ0) is 15.5. The Balaban J connectivity index is 0.000000796. The van der Waals surface area contributed by atoms with Gasteiger partial charge in [0.2, 0.25) is 0 Å². The molecule has 0 bridgehead atoms. The molecule has 1 aromatic carbocycles. The number of aliphatic hydroxyl groups excluding tert-OH is 1. The lowest BCUT2D eigenvalue weighted by Gasteiger charge is -2.16. The van der Waals surface area contributed by atoms with Crippen molar-refractivity contribution in [3.05, 3.63) is 29.8 Å². The molecule has 0 aliphatic carbocycles. The second-order valence-electron chi connectivity index (χ2n) is 4.73. The number of phenols is 1. The number of rotatable bonds is 6. The normalized spacial score (nSPS) is 13.0. The van der Waals surface area contributed by atoms with Crippen LogP contribution in [-0.4, -0.2) is 33.9 Å². The molecular formula is C15H25NO4. The quantitative estimate of drug-likeness (QED) is 0.643. The molecule has 0 radical (unpaired) electrons. The number of benzene rings is 1. The Kier molecular flexibility index (Phi) is 9.41. The van der Waals surface area contributed by atoms with Crippen molar-refractivity contribution >= 4 is 5.97 Å². The number of hydrogen-bond donors (Lipinski definition) is 4. The molecule has 2 atom stereocenters. The highest BCUT2D eigenvalue weighted by atomic mass is 16.4. The van der Waals surface area contributed by atoms with Crippen LogP contribution in [0.1, 0.15) is 45.3 Å². The summed E-state index contributed by atoms with van der Waals surface area (Å²) >= 11 is 0. The first-order valence-corrected chi connectivity index (χ1v) is 6.76. The molecule has 0 saturated heterocycles. The van der Waals surface area contributed by atoms with E-state index in [4.69, 9.17) is 9.90 Å². The van der Waals surface area contributed by atoms with Gasteiger partial charge in [-0.3, -0.25) is 4.79 Å². The summed E-state index contributed by atoms with van der Waals surface area (Å²) in [6.07, 6.45) is 1.68. The third-order valence-corrected chi connectivity index (χ3v) is 2.64. The van der Waals surface area contributed by atoms with E-state index in [1.807, 2.05) is 6.07 Å². The molecule has 0 amide bonds. The van der Waals surface area contributed by atoms with Gasteiger partial charge >= 0.3 is 0 Å². The average Bonchev–Trinajstić information content (AvgIpc) is 2.35. The van der Waals surface area contributed by atoms with Crippen molar-refractivity contribution < 1.29 is 20.1 Å². The number of aliphatic carboxylic acids is 1. The Morgan fingerprint density at radius 1 is 1.40 bits per heavy atom. The van der Waals surface area contributed by atoms with E-state index in [-0.39, 0.29) is 5.75 Å². The second-order valence-corrected chi connectivity index (χ2v) is 4.73. The van der Waals surface area contributed by atoms with E-state index >= 15 is 0 Å². The minimum absolute atomic E-state index is 0.193. The molecule has 0 saturated carbocycles. The number of carboxylic acids is 1. The fraction of sp³-hybridized carbons (Fsp3) is 0.533. The van der Waals surface area contributed by atoms with Gasteiger partial charge in [0.15, 0.2) is 0 Å². The summed E-state index contributed by atoms with van der Waals surface area (Å²) in [4.78, 5) is 9.00. The maximum absolute atomic E-state index is 9.89. The van der Waals surface area contributed by atoms with Crippen molar-refractivity contribution in [1.29, 1.82) is 0 Å². The van der Waals surface area contributed by atoms with Crippen molar-refractivity contribution in [2.24, 2.45) is 0 Å². The molecule has 1 aromatic rings. The zero-order valence-electron chi connectivity index (χ0n) is 12.3. The predicted molar refractivity (Wildman–Crippen MR) is 78.7 cm³/mol. The lowest BCUT2D eigenvalue weighted by molar-refractivity contribution is -0.134. The summed E-state index contributed by atoms with van der Waals surface area (Å²) in [5.74, 6) is -0.641. The Bertz CT molecular complexity index is 391. The number of phenolic OH excluding ortho intramolecular Hbond substituents is 1. The van der Waals surface area contributed by atoms with Crippen LogP contribution in [0.5, 0.6) is 5.75 Å². The van der Waals surface area contributed by atoms with Crippen LogP contribution in [0, 0.1) is 0 Å². The number of nitrogens with one attached hydrogen (secondary N) is 1. The van der Waals surface area contributed by atoms with Crippen molar-refractivity contribution in [3.63, 3.8) is 0 Å². The summed E-state index contributed by atoms with van der Waals surface area (Å²) in [5, 5.41) is 29.9. The molecule has 0 unspecified atom stereocenters. The minimum atomic E-state index is -0.833. The van der Waals surface area contributed by atoms with Crippen molar-refractivity contribution in [3.8, 4) is 5.75 Å². The Morgan fingerprint density at radius 2 is 2.00 bits per heavy atom. The number of aromatic hydroxyl groups is 1. The van der Waals surface area contributed by atoms with Gasteiger partial charge in [-0.25, -0.2) is 0 Å². The van der Waals surface area contributed by atoms with Crippen LogP contribution in [0.25, 0.3) is 0 Å². The molecule has 0 fully saturated rings. The SMILES string of the molecule is CC(=O)O.CCC[C@@H](C)NC[C@H](O)c1cccc(O)c1. The highest BCUT2D eigenvalue weighted by Crippen LogP contribution is 2.17. The van der Waals surface area contributed by atoms with Gasteiger partial charge in [-0.15, -0.1) is 0 Å². The first-order valence-electron chi connectivity index (χ1n) is 6.76. The molecule has 0 aliphatic rings. The molecule has 0 spiro atoms. The fourth-order valence-electron chi connectivity index (χ4n) is 1.70. The largest absolute Gasteiger partial charge is 0.508 e. The van der Waals surface area contributed by atoms with E-state index in [0.29, 0.717) is 12.6 Å². The van der Waals surface area contributed by atoms with Gasteiger partial charge in [0.25, 0.3) is 5.97 Å². The summed E-state index contributed by atoms with van der Waals surface area (Å²) in [6, 6.07) is 7.16. The van der Waals surface area contributed by atoms with Gasteiger partial charge in [0, 0.05) is 19.5 Å². The van der Waals surface area contributed by atoms with Gasteiger partial charge in [0.05, 0.1) is 6.10 Å². The van der Waals surface area contributed by atoms with Crippen LogP contribution in [-0.2, 0) is 4.79 Å². The number of hydrogen-bond acceptors (Lipinski definition) is 4. The highest BCUT2D eigenvalue weighted by molar-refractivity contribution is 5.62. The Labute approximate surface area is 120 Å². The monoisotopic (exact) mass is 283 g/mol. The molecule has 20 heavy (non-hydrogen) atoms. The van der Waals surface area contributed by atoms with Gasteiger partial charge in [-0.1, -0.05) is 25.5 Å². The molecule has 1 rings (SSSR count). The molecule has 4 N–H and O–H groups in total. The third-order valence-electron chi connectivity index (χ3n) is 2.64. The summed E-state index contributed by atoms with van der Waals surface area (Å²) in [5.41, 5.74) is 0.746. The van der Waals surface area contributed by atoms with Gasteiger partial charge in [-0.05, 0) is 31.0 Å². The summed E-state index contributed by atoms with van der Waals surface area (Å²) in [7, 11) is 0. The lowest BCUT2D eigenvalue weighted by Crippen LogP contribution is -2.30. The molecule has 5 nitrogen and oxygen atoms in total. The second kappa shape index (κ2) is 10.2. The highest BCUT2D eigenvalue weighted by Gasteiger charge is 2.09. The Morgan fingerprint density at radius 3 is 2.50 bits per heavy atom. The van der Waals surface area contributed by atoms with E-state index < -0.39 is 12.1 Å². The van der Waals surface area contributed by atoms with E-state index in [9.17, 15) is 10.2 Å².